The van der Waals surface area contributed by atoms with Gasteiger partial charge in [0.25, 0.3) is 0 Å². The summed E-state index contributed by atoms with van der Waals surface area (Å²) in [7, 11) is -5.51. The number of carbonyl (C=O) groups is 1. The molecule has 0 bridgehead atoms. The van der Waals surface area contributed by atoms with Crippen molar-refractivity contribution in [3.63, 3.8) is 0 Å². The van der Waals surface area contributed by atoms with Gasteiger partial charge in [-0.2, -0.15) is 21.6 Å². The van der Waals surface area contributed by atoms with Crippen molar-refractivity contribution in [3.8, 4) is 0 Å². The number of benzene rings is 1. The van der Waals surface area contributed by atoms with Crippen molar-refractivity contribution in [2.24, 2.45) is 0 Å². The molecule has 0 fully saturated rings. The lowest BCUT2D eigenvalue weighted by Gasteiger charge is -2.13. The minimum atomic E-state index is -5.51. The molecule has 19 heavy (non-hydrogen) atoms. The highest BCUT2D eigenvalue weighted by atomic mass is 32.2. The normalized spacial score (nSPS) is 11.4. The van der Waals surface area contributed by atoms with Crippen molar-refractivity contribution in [2.45, 2.75) is 19.9 Å². The smallest absolute Gasteiger partial charge is 0.325 e. The average Bonchev–Trinajstić information content (AvgIpc) is 2.18. The van der Waals surface area contributed by atoms with Gasteiger partial charge in [-0.05, 0) is 12.1 Å². The molecule has 0 aliphatic rings. The molecule has 5 nitrogen and oxygen atoms in total. The van der Waals surface area contributed by atoms with Crippen LogP contribution in [0.5, 0.6) is 0 Å². The molecule has 2 N–H and O–H groups in total. The van der Waals surface area contributed by atoms with Gasteiger partial charge in [-0.1, -0.05) is 19.6 Å². The molecule has 0 heterocycles. The number of hydrogen-bond acceptors (Lipinski definition) is 3. The van der Waals surface area contributed by atoms with E-state index >= 15 is 0 Å². The van der Waals surface area contributed by atoms with Crippen LogP contribution in [0.25, 0.3) is 0 Å². The predicted octanol–water partition coefficient (Wildman–Crippen LogP) is 2.54. The van der Waals surface area contributed by atoms with Gasteiger partial charge in [0.15, 0.2) is 0 Å². The van der Waals surface area contributed by atoms with Gasteiger partial charge in [-0.25, -0.2) is 0 Å². The molecule has 0 saturated carbocycles. The summed E-state index contributed by atoms with van der Waals surface area (Å²) in [5.74, 6) is -0.534. The van der Waals surface area contributed by atoms with Crippen molar-refractivity contribution >= 4 is 27.3 Å². The average molecular weight is 298 g/mol. The lowest BCUT2D eigenvalue weighted by Crippen LogP contribution is -2.30. The molecule has 1 amide bonds. The molecule has 0 aliphatic carbocycles. The maximum absolute atomic E-state index is 12.2. The Morgan fingerprint density at radius 1 is 1.16 bits per heavy atom. The third-order valence-corrected chi connectivity index (χ3v) is 2.88. The number of sulfonamides is 1. The summed E-state index contributed by atoms with van der Waals surface area (Å²) < 4.78 is 59.7. The Morgan fingerprint density at radius 2 is 1.63 bits per heavy atom. The lowest BCUT2D eigenvalue weighted by molar-refractivity contribution is -0.114. The van der Waals surface area contributed by atoms with E-state index < -0.39 is 21.4 Å². The van der Waals surface area contributed by atoms with Gasteiger partial charge >= 0.3 is 15.5 Å². The van der Waals surface area contributed by atoms with Crippen LogP contribution in [-0.2, 0) is 14.8 Å². The van der Waals surface area contributed by atoms with E-state index in [0.717, 1.165) is 13.0 Å². The number of carbonyl (C=O) groups excluding carboxylic acids is 1. The summed E-state index contributed by atoms with van der Waals surface area (Å²) in [6.07, 6.45) is 0. The lowest BCUT2D eigenvalue weighted by atomic mass is 10.3. The van der Waals surface area contributed by atoms with E-state index in [1.165, 1.54) is 22.9 Å². The van der Waals surface area contributed by atoms with Crippen LogP contribution in [0.15, 0.2) is 24.3 Å². The minimum absolute atomic E-state index is 0. The van der Waals surface area contributed by atoms with Crippen molar-refractivity contribution in [1.82, 2.24) is 0 Å². The highest BCUT2D eigenvalue weighted by molar-refractivity contribution is 7.93. The van der Waals surface area contributed by atoms with E-state index in [1.807, 2.05) is 0 Å². The highest BCUT2D eigenvalue weighted by Gasteiger charge is 2.46. The number of nitrogens with one attached hydrogen (secondary N) is 2. The van der Waals surface area contributed by atoms with Crippen molar-refractivity contribution in [1.29, 1.82) is 0 Å². The number of alkyl halides is 3. The van der Waals surface area contributed by atoms with E-state index in [9.17, 15) is 26.4 Å². The second kappa shape index (κ2) is 5.91. The van der Waals surface area contributed by atoms with Gasteiger partial charge in [0.1, 0.15) is 0 Å². The largest absolute Gasteiger partial charge is 0.516 e. The third-order valence-electron chi connectivity index (χ3n) is 1.79. The minimum Gasteiger partial charge on any atom is -0.325 e. The molecule has 0 radical (unpaired) electrons. The monoisotopic (exact) mass is 298 g/mol. The summed E-state index contributed by atoms with van der Waals surface area (Å²) in [6, 6.07) is 5.15. The fourth-order valence-corrected chi connectivity index (χ4v) is 1.66. The maximum atomic E-state index is 12.2. The summed E-state index contributed by atoms with van der Waals surface area (Å²) >= 11 is 0. The van der Waals surface area contributed by atoms with Crippen LogP contribution in [0, 0.1) is 0 Å². The van der Waals surface area contributed by atoms with Gasteiger partial charge < -0.3 is 5.32 Å². The summed E-state index contributed by atoms with van der Waals surface area (Å²) in [6.45, 7) is 1.15. The molecule has 108 valence electrons. The van der Waals surface area contributed by atoms with Crippen LogP contribution in [0.2, 0.25) is 0 Å². The summed E-state index contributed by atoms with van der Waals surface area (Å²) in [5, 5.41) is 2.21. The first-order chi connectivity index (χ1) is 8.13. The number of anilines is 2. The Bertz CT molecular complexity index is 555. The van der Waals surface area contributed by atoms with Gasteiger partial charge in [0.2, 0.25) is 5.91 Å². The Labute approximate surface area is 108 Å². The van der Waals surface area contributed by atoms with E-state index in [2.05, 4.69) is 5.32 Å². The van der Waals surface area contributed by atoms with Crippen LogP contribution in [0.1, 0.15) is 14.4 Å². The van der Waals surface area contributed by atoms with Gasteiger partial charge in [0.05, 0.1) is 11.4 Å². The molecule has 0 aromatic heterocycles. The fraction of sp³-hybridized carbons (Fsp3) is 0.300. The molecule has 0 aliphatic heterocycles. The molecule has 0 spiro atoms. The molecule has 9 heteroatoms. The van der Waals surface area contributed by atoms with Gasteiger partial charge in [0, 0.05) is 6.92 Å². The summed E-state index contributed by atoms with van der Waals surface area (Å²) in [5.41, 5.74) is -5.83. The molecular weight excluding hydrogens is 285 g/mol. The van der Waals surface area contributed by atoms with Crippen molar-refractivity contribution in [2.75, 3.05) is 10.0 Å². The van der Waals surface area contributed by atoms with E-state index in [1.54, 1.807) is 0 Å². The summed E-state index contributed by atoms with van der Waals surface area (Å²) in [4.78, 5) is 10.8. The molecule has 0 atom stereocenters. The van der Waals surface area contributed by atoms with Crippen LogP contribution in [-0.4, -0.2) is 19.8 Å². The predicted molar refractivity (Wildman–Crippen MR) is 66.1 cm³/mol. The maximum Gasteiger partial charge on any atom is 0.516 e. The Hall–Kier alpha value is -1.77. The van der Waals surface area contributed by atoms with Gasteiger partial charge in [-0.3, -0.25) is 9.52 Å². The van der Waals surface area contributed by atoms with Crippen molar-refractivity contribution in [3.05, 3.63) is 24.3 Å². The Morgan fingerprint density at radius 3 is 2.05 bits per heavy atom. The molecule has 1 rings (SSSR count). The quantitative estimate of drug-likeness (QED) is 0.900. The Balaban J connectivity index is 0.00000324. The van der Waals surface area contributed by atoms with Crippen LogP contribution in [0.3, 0.4) is 0 Å². The standard InChI is InChI=1S/C9H9F3N2O3S.CH4/c1-6(15)13-7-4-2-3-5-8(7)14-18(16,17)9(10,11)12;/h2-5,14H,1H3,(H,13,15);1H4. The molecular formula is C10H13F3N2O3S. The highest BCUT2D eigenvalue weighted by Crippen LogP contribution is 2.28. The zero-order valence-corrected chi connectivity index (χ0v) is 9.89. The number of halogens is 3. The first-order valence-electron chi connectivity index (χ1n) is 4.59. The molecule has 1 aromatic rings. The van der Waals surface area contributed by atoms with Crippen LogP contribution in [0.4, 0.5) is 24.5 Å². The van der Waals surface area contributed by atoms with E-state index in [-0.39, 0.29) is 18.8 Å². The molecule has 0 saturated heterocycles. The number of amides is 1. The fourth-order valence-electron chi connectivity index (χ4n) is 1.07. The third kappa shape index (κ3) is 4.43. The first-order valence-corrected chi connectivity index (χ1v) is 6.07. The number of rotatable bonds is 3. The number of hydrogen-bond donors (Lipinski definition) is 2. The SMILES string of the molecule is C.CC(=O)Nc1ccccc1NS(=O)(=O)C(F)(F)F. The number of para-hydroxylation sites is 2. The van der Waals surface area contributed by atoms with Crippen LogP contribution >= 0.6 is 0 Å². The zero-order chi connectivity index (χ0) is 14.0. The van der Waals surface area contributed by atoms with E-state index in [4.69, 9.17) is 0 Å². The Kier molecular flexibility index (Phi) is 5.36. The second-order valence-electron chi connectivity index (χ2n) is 3.28. The first kappa shape index (κ1) is 17.2. The zero-order valence-electron chi connectivity index (χ0n) is 9.08. The topological polar surface area (TPSA) is 75.3 Å². The second-order valence-corrected chi connectivity index (χ2v) is 4.95. The van der Waals surface area contributed by atoms with E-state index in [0.29, 0.717) is 0 Å². The van der Waals surface area contributed by atoms with Crippen molar-refractivity contribution < 1.29 is 26.4 Å². The van der Waals surface area contributed by atoms with Gasteiger partial charge in [-0.15, -0.1) is 0 Å². The molecule has 0 unspecified atom stereocenters. The molecule has 1 aromatic carbocycles. The van der Waals surface area contributed by atoms with Crippen LogP contribution < -0.4 is 10.0 Å².